The number of likely N-dealkylation sites (tertiary alicyclic amines) is 1. The molecule has 0 spiro atoms. The maximum atomic E-state index is 4.16. The van der Waals surface area contributed by atoms with Gasteiger partial charge in [0, 0.05) is 31.8 Å². The molecule has 0 bridgehead atoms. The van der Waals surface area contributed by atoms with E-state index in [-0.39, 0.29) is 0 Å². The van der Waals surface area contributed by atoms with E-state index in [0.29, 0.717) is 12.0 Å². The first kappa shape index (κ1) is 12.3. The summed E-state index contributed by atoms with van der Waals surface area (Å²) in [4.78, 5) is 6.76. The predicted molar refractivity (Wildman–Crippen MR) is 73.6 cm³/mol. The van der Waals surface area contributed by atoms with Crippen molar-refractivity contribution in [3.05, 3.63) is 35.9 Å². The molecule has 1 heterocycles. The molecule has 0 saturated carbocycles. The van der Waals surface area contributed by atoms with Gasteiger partial charge in [-0.05, 0) is 24.9 Å². The second-order valence-corrected chi connectivity index (χ2v) is 4.79. The van der Waals surface area contributed by atoms with Crippen LogP contribution in [0, 0.1) is 5.92 Å². The molecule has 2 rings (SSSR count). The van der Waals surface area contributed by atoms with E-state index in [4.69, 9.17) is 0 Å². The van der Waals surface area contributed by atoms with E-state index in [1.54, 1.807) is 0 Å². The van der Waals surface area contributed by atoms with Crippen molar-refractivity contribution in [1.29, 1.82) is 0 Å². The Labute approximate surface area is 104 Å². The number of aliphatic imine (C=N–C) groups is 1. The first-order valence-electron chi connectivity index (χ1n) is 6.56. The maximum Gasteiger partial charge on any atom is 0.0345 e. The van der Waals surface area contributed by atoms with Gasteiger partial charge in [-0.1, -0.05) is 37.3 Å². The first-order chi connectivity index (χ1) is 8.35. The van der Waals surface area contributed by atoms with Gasteiger partial charge in [0.1, 0.15) is 0 Å². The highest BCUT2D eigenvalue weighted by atomic mass is 15.2. The topological polar surface area (TPSA) is 15.6 Å². The highest BCUT2D eigenvalue weighted by molar-refractivity contribution is 5.61. The molecule has 2 atom stereocenters. The van der Waals surface area contributed by atoms with Crippen molar-refractivity contribution in [1.82, 2.24) is 4.90 Å². The van der Waals surface area contributed by atoms with Gasteiger partial charge in [0.05, 0.1) is 0 Å². The lowest BCUT2D eigenvalue weighted by molar-refractivity contribution is 0.236. The van der Waals surface area contributed by atoms with E-state index in [1.165, 1.54) is 24.9 Å². The number of hydrogen-bond acceptors (Lipinski definition) is 2. The Morgan fingerprint density at radius 3 is 2.82 bits per heavy atom. The van der Waals surface area contributed by atoms with Crippen molar-refractivity contribution in [2.45, 2.75) is 25.8 Å². The maximum absolute atomic E-state index is 4.16. The second kappa shape index (κ2) is 5.97. The third-order valence-electron chi connectivity index (χ3n) is 3.63. The molecule has 1 aromatic rings. The summed E-state index contributed by atoms with van der Waals surface area (Å²) in [5.74, 6) is 0.651. The molecule has 1 fully saturated rings. The minimum atomic E-state index is 0.575. The summed E-state index contributed by atoms with van der Waals surface area (Å²) in [6, 6.07) is 11.4. The minimum absolute atomic E-state index is 0.575. The quantitative estimate of drug-likeness (QED) is 0.725. The van der Waals surface area contributed by atoms with Crippen LogP contribution in [0.4, 0.5) is 0 Å². The van der Waals surface area contributed by atoms with Crippen molar-refractivity contribution in [3.63, 3.8) is 0 Å². The molecule has 0 amide bonds. The average molecular weight is 230 g/mol. The normalized spacial score (nSPS) is 23.3. The minimum Gasteiger partial charge on any atom is -0.301 e. The lowest BCUT2D eigenvalue weighted by atomic mass is 10.0. The second-order valence-electron chi connectivity index (χ2n) is 4.79. The number of nitrogens with zero attached hydrogens (tertiary/aromatic N) is 2. The van der Waals surface area contributed by atoms with E-state index in [2.05, 4.69) is 53.4 Å². The molecule has 1 aliphatic rings. The third kappa shape index (κ3) is 2.95. The Bertz CT molecular complexity index is 358. The summed E-state index contributed by atoms with van der Waals surface area (Å²) in [6.07, 6.45) is 4.54. The van der Waals surface area contributed by atoms with Crippen LogP contribution in [0.2, 0.25) is 0 Å². The Kier molecular flexibility index (Phi) is 4.32. The Morgan fingerprint density at radius 2 is 2.18 bits per heavy atom. The van der Waals surface area contributed by atoms with E-state index in [1.807, 2.05) is 7.05 Å². The van der Waals surface area contributed by atoms with Gasteiger partial charge in [-0.25, -0.2) is 0 Å². The summed E-state index contributed by atoms with van der Waals surface area (Å²) >= 11 is 0. The van der Waals surface area contributed by atoms with Gasteiger partial charge in [-0.15, -0.1) is 0 Å². The fourth-order valence-corrected chi connectivity index (χ4v) is 2.81. The van der Waals surface area contributed by atoms with Gasteiger partial charge in [-0.2, -0.15) is 0 Å². The van der Waals surface area contributed by atoms with Crippen molar-refractivity contribution in [3.8, 4) is 0 Å². The smallest absolute Gasteiger partial charge is 0.0345 e. The van der Waals surface area contributed by atoms with Crippen LogP contribution in [0.1, 0.15) is 31.4 Å². The number of rotatable bonds is 4. The average Bonchev–Trinajstić information content (AvgIpc) is 2.81. The summed E-state index contributed by atoms with van der Waals surface area (Å²) in [7, 11) is 1.87. The molecular weight excluding hydrogens is 208 g/mol. The van der Waals surface area contributed by atoms with Crippen LogP contribution in [0.3, 0.4) is 0 Å². The SMILES string of the molecule is CC[C@H](c1ccccc1)N1CCC(/C=N\C)C1. The Hall–Kier alpha value is -1.15. The van der Waals surface area contributed by atoms with Gasteiger partial charge in [0.15, 0.2) is 0 Å². The Balaban J connectivity index is 2.05. The molecule has 17 heavy (non-hydrogen) atoms. The molecule has 0 aliphatic carbocycles. The van der Waals surface area contributed by atoms with Crippen LogP contribution in [-0.2, 0) is 0 Å². The van der Waals surface area contributed by atoms with Crippen LogP contribution in [0.5, 0.6) is 0 Å². The van der Waals surface area contributed by atoms with E-state index in [0.717, 1.165) is 6.54 Å². The van der Waals surface area contributed by atoms with Gasteiger partial charge in [0.2, 0.25) is 0 Å². The third-order valence-corrected chi connectivity index (χ3v) is 3.63. The molecule has 0 aromatic heterocycles. The van der Waals surface area contributed by atoms with Gasteiger partial charge in [0.25, 0.3) is 0 Å². The molecule has 1 saturated heterocycles. The van der Waals surface area contributed by atoms with Crippen molar-refractivity contribution >= 4 is 6.21 Å². The van der Waals surface area contributed by atoms with Crippen molar-refractivity contribution < 1.29 is 0 Å². The first-order valence-corrected chi connectivity index (χ1v) is 6.56. The highest BCUT2D eigenvalue weighted by Gasteiger charge is 2.26. The van der Waals surface area contributed by atoms with E-state index >= 15 is 0 Å². The molecule has 1 aliphatic heterocycles. The van der Waals surface area contributed by atoms with Crippen LogP contribution < -0.4 is 0 Å². The molecule has 2 heteroatoms. The molecule has 1 unspecified atom stereocenters. The van der Waals surface area contributed by atoms with Crippen molar-refractivity contribution in [2.75, 3.05) is 20.1 Å². The van der Waals surface area contributed by atoms with Crippen LogP contribution in [0.25, 0.3) is 0 Å². The molecule has 2 nitrogen and oxygen atoms in total. The molecule has 0 N–H and O–H groups in total. The summed E-state index contributed by atoms with van der Waals surface area (Å²) in [5, 5.41) is 0. The predicted octanol–water partition coefficient (Wildman–Crippen LogP) is 3.16. The molecule has 1 aromatic carbocycles. The zero-order valence-electron chi connectivity index (χ0n) is 10.8. The standard InChI is InChI=1S/C15H22N2/c1-3-15(14-7-5-4-6-8-14)17-10-9-13(12-17)11-16-2/h4-8,11,13,15H,3,9-10,12H2,1-2H3/b16-11-/t13?,15-/m1/s1. The monoisotopic (exact) mass is 230 g/mol. The molecule has 0 radical (unpaired) electrons. The van der Waals surface area contributed by atoms with Crippen LogP contribution >= 0.6 is 0 Å². The zero-order chi connectivity index (χ0) is 12.1. The summed E-state index contributed by atoms with van der Waals surface area (Å²) < 4.78 is 0. The molecular formula is C15H22N2. The van der Waals surface area contributed by atoms with Gasteiger partial charge < -0.3 is 4.99 Å². The van der Waals surface area contributed by atoms with Crippen molar-refractivity contribution in [2.24, 2.45) is 10.9 Å². The highest BCUT2D eigenvalue weighted by Crippen LogP contribution is 2.29. The van der Waals surface area contributed by atoms with Crippen LogP contribution in [0.15, 0.2) is 35.3 Å². The zero-order valence-corrected chi connectivity index (χ0v) is 10.8. The fourth-order valence-electron chi connectivity index (χ4n) is 2.81. The van der Waals surface area contributed by atoms with Gasteiger partial charge >= 0.3 is 0 Å². The largest absolute Gasteiger partial charge is 0.301 e. The van der Waals surface area contributed by atoms with E-state index in [9.17, 15) is 0 Å². The summed E-state index contributed by atoms with van der Waals surface area (Å²) in [6.45, 7) is 4.63. The number of benzene rings is 1. The lowest BCUT2D eigenvalue weighted by Gasteiger charge is -2.27. The fraction of sp³-hybridized carbons (Fsp3) is 0.533. The van der Waals surface area contributed by atoms with Crippen LogP contribution in [-0.4, -0.2) is 31.3 Å². The van der Waals surface area contributed by atoms with E-state index < -0.39 is 0 Å². The number of hydrogen-bond donors (Lipinski definition) is 0. The Morgan fingerprint density at radius 1 is 1.41 bits per heavy atom. The van der Waals surface area contributed by atoms with Gasteiger partial charge in [-0.3, -0.25) is 4.90 Å². The lowest BCUT2D eigenvalue weighted by Crippen LogP contribution is -2.26. The molecule has 92 valence electrons. The summed E-state index contributed by atoms with van der Waals surface area (Å²) in [5.41, 5.74) is 1.45.